The molecule has 1 aromatic rings. The molecule has 0 amide bonds. The smallest absolute Gasteiger partial charge is 0.309 e. The Morgan fingerprint density at radius 1 is 1.33 bits per heavy atom. The number of methoxy groups -OCH3 is 1. The first kappa shape index (κ1) is 15.9. The van der Waals surface area contributed by atoms with Crippen molar-refractivity contribution < 1.29 is 14.6 Å². The molecular formula is C18H26O3. The molecule has 0 radical (unpaired) electrons. The van der Waals surface area contributed by atoms with Crippen molar-refractivity contribution >= 4 is 5.97 Å². The molecule has 21 heavy (non-hydrogen) atoms. The van der Waals surface area contributed by atoms with E-state index in [-0.39, 0.29) is 0 Å². The quantitative estimate of drug-likeness (QED) is 0.849. The van der Waals surface area contributed by atoms with E-state index < -0.39 is 11.4 Å². The fourth-order valence-electron chi connectivity index (χ4n) is 3.61. The lowest BCUT2D eigenvalue weighted by Crippen LogP contribution is -2.37. The zero-order valence-electron chi connectivity index (χ0n) is 13.1. The molecule has 0 atom stereocenters. The van der Waals surface area contributed by atoms with Gasteiger partial charge in [0.15, 0.2) is 0 Å². The van der Waals surface area contributed by atoms with E-state index in [4.69, 9.17) is 4.74 Å². The summed E-state index contributed by atoms with van der Waals surface area (Å²) < 4.78 is 5.38. The summed E-state index contributed by atoms with van der Waals surface area (Å²) in [6.07, 6.45) is 6.63. The monoisotopic (exact) mass is 290 g/mol. The molecule has 116 valence electrons. The molecule has 1 aromatic carbocycles. The number of carboxylic acids is 1. The SMILES string of the molecule is CCCC1CCC(Cc2ccccc2OC)(C(=O)O)CC1. The molecule has 0 aliphatic heterocycles. The fourth-order valence-corrected chi connectivity index (χ4v) is 3.61. The van der Waals surface area contributed by atoms with Crippen molar-refractivity contribution in [2.45, 2.75) is 51.9 Å². The van der Waals surface area contributed by atoms with Gasteiger partial charge in [-0.1, -0.05) is 38.0 Å². The minimum atomic E-state index is -0.650. The van der Waals surface area contributed by atoms with Gasteiger partial charge in [0.05, 0.1) is 12.5 Å². The van der Waals surface area contributed by atoms with Gasteiger partial charge in [-0.15, -0.1) is 0 Å². The van der Waals surface area contributed by atoms with Gasteiger partial charge < -0.3 is 9.84 Å². The highest BCUT2D eigenvalue weighted by molar-refractivity contribution is 5.75. The minimum absolute atomic E-state index is 0.575. The Labute approximate surface area is 127 Å². The number of hydrogen-bond acceptors (Lipinski definition) is 2. The van der Waals surface area contributed by atoms with Crippen LogP contribution in [0.3, 0.4) is 0 Å². The Balaban J connectivity index is 2.15. The van der Waals surface area contributed by atoms with Crippen LogP contribution in [0.2, 0.25) is 0 Å². The molecule has 0 aromatic heterocycles. The second-order valence-electron chi connectivity index (χ2n) is 6.31. The van der Waals surface area contributed by atoms with E-state index in [1.165, 1.54) is 12.8 Å². The molecule has 0 unspecified atom stereocenters. The summed E-state index contributed by atoms with van der Waals surface area (Å²) in [6, 6.07) is 7.78. The summed E-state index contributed by atoms with van der Waals surface area (Å²) >= 11 is 0. The summed E-state index contributed by atoms with van der Waals surface area (Å²) in [5.41, 5.74) is 0.398. The third kappa shape index (κ3) is 3.58. The second kappa shape index (κ2) is 6.97. The second-order valence-corrected chi connectivity index (χ2v) is 6.31. The van der Waals surface area contributed by atoms with Crippen LogP contribution < -0.4 is 4.74 Å². The topological polar surface area (TPSA) is 46.5 Å². The van der Waals surface area contributed by atoms with Crippen LogP contribution in [0, 0.1) is 11.3 Å². The standard InChI is InChI=1S/C18H26O3/c1-3-6-14-9-11-18(12-10-14,17(19)20)13-15-7-4-5-8-16(15)21-2/h4-5,7-8,14H,3,6,9-13H2,1-2H3,(H,19,20). The molecular weight excluding hydrogens is 264 g/mol. The van der Waals surface area contributed by atoms with E-state index in [2.05, 4.69) is 6.92 Å². The average Bonchev–Trinajstić information content (AvgIpc) is 2.50. The Hall–Kier alpha value is -1.51. The summed E-state index contributed by atoms with van der Waals surface area (Å²) in [4.78, 5) is 11.9. The number of hydrogen-bond donors (Lipinski definition) is 1. The van der Waals surface area contributed by atoms with Gasteiger partial charge >= 0.3 is 5.97 Å². The third-order valence-corrected chi connectivity index (χ3v) is 4.93. The van der Waals surface area contributed by atoms with Crippen molar-refractivity contribution in [2.24, 2.45) is 11.3 Å². The Bertz CT molecular complexity index is 473. The molecule has 1 aliphatic carbocycles. The summed E-state index contributed by atoms with van der Waals surface area (Å²) in [6.45, 7) is 2.20. The van der Waals surface area contributed by atoms with E-state index in [1.807, 2.05) is 24.3 Å². The highest BCUT2D eigenvalue weighted by atomic mass is 16.5. The lowest BCUT2D eigenvalue weighted by Gasteiger charge is -2.37. The average molecular weight is 290 g/mol. The Morgan fingerprint density at radius 3 is 2.57 bits per heavy atom. The van der Waals surface area contributed by atoms with Gasteiger partial charge in [0, 0.05) is 0 Å². The number of carboxylic acid groups (broad SMARTS) is 1. The number of aliphatic carboxylic acids is 1. The van der Waals surface area contributed by atoms with Crippen molar-refractivity contribution in [1.82, 2.24) is 0 Å². The maximum Gasteiger partial charge on any atom is 0.309 e. The van der Waals surface area contributed by atoms with Gasteiger partial charge in [0.1, 0.15) is 5.75 Å². The third-order valence-electron chi connectivity index (χ3n) is 4.93. The molecule has 2 rings (SSSR count). The number of benzene rings is 1. The maximum atomic E-state index is 11.9. The highest BCUT2D eigenvalue weighted by Crippen LogP contribution is 2.44. The van der Waals surface area contributed by atoms with Gasteiger partial charge in [-0.05, 0) is 49.7 Å². The summed E-state index contributed by atoms with van der Waals surface area (Å²) in [5.74, 6) is 0.859. The molecule has 1 fully saturated rings. The first-order valence-electron chi connectivity index (χ1n) is 7.96. The lowest BCUT2D eigenvalue weighted by molar-refractivity contribution is -0.151. The van der Waals surface area contributed by atoms with Crippen LogP contribution in [-0.4, -0.2) is 18.2 Å². The normalized spacial score (nSPS) is 25.5. The van der Waals surface area contributed by atoms with E-state index in [0.29, 0.717) is 12.3 Å². The van der Waals surface area contributed by atoms with Gasteiger partial charge in [0.25, 0.3) is 0 Å². The molecule has 1 N–H and O–H groups in total. The van der Waals surface area contributed by atoms with Crippen LogP contribution in [0.1, 0.15) is 51.0 Å². The van der Waals surface area contributed by atoms with Gasteiger partial charge in [0.2, 0.25) is 0 Å². The number of ether oxygens (including phenoxy) is 1. The first-order valence-corrected chi connectivity index (χ1v) is 7.96. The number of carbonyl (C=O) groups is 1. The van der Waals surface area contributed by atoms with Crippen LogP contribution in [0.4, 0.5) is 0 Å². The van der Waals surface area contributed by atoms with E-state index in [0.717, 1.165) is 37.0 Å². The van der Waals surface area contributed by atoms with Crippen LogP contribution in [0.25, 0.3) is 0 Å². The summed E-state index contributed by atoms with van der Waals surface area (Å²) in [7, 11) is 1.64. The molecule has 1 saturated carbocycles. The number of rotatable bonds is 6. The largest absolute Gasteiger partial charge is 0.496 e. The van der Waals surface area contributed by atoms with E-state index >= 15 is 0 Å². The molecule has 0 spiro atoms. The summed E-state index contributed by atoms with van der Waals surface area (Å²) in [5, 5.41) is 9.79. The predicted octanol–water partition coefficient (Wildman–Crippen LogP) is 4.30. The molecule has 3 nitrogen and oxygen atoms in total. The van der Waals surface area contributed by atoms with Gasteiger partial charge in [-0.3, -0.25) is 4.79 Å². The van der Waals surface area contributed by atoms with Crippen molar-refractivity contribution in [1.29, 1.82) is 0 Å². The zero-order valence-corrected chi connectivity index (χ0v) is 13.1. The molecule has 1 aliphatic rings. The molecule has 0 heterocycles. The fraction of sp³-hybridized carbons (Fsp3) is 0.611. The molecule has 3 heteroatoms. The van der Waals surface area contributed by atoms with E-state index in [1.54, 1.807) is 7.11 Å². The molecule has 0 saturated heterocycles. The van der Waals surface area contributed by atoms with Gasteiger partial charge in [-0.2, -0.15) is 0 Å². The van der Waals surface area contributed by atoms with Crippen LogP contribution in [0.15, 0.2) is 24.3 Å². The van der Waals surface area contributed by atoms with Crippen LogP contribution >= 0.6 is 0 Å². The van der Waals surface area contributed by atoms with Gasteiger partial charge in [-0.25, -0.2) is 0 Å². The first-order chi connectivity index (χ1) is 10.1. The van der Waals surface area contributed by atoms with Crippen LogP contribution in [-0.2, 0) is 11.2 Å². The predicted molar refractivity (Wildman–Crippen MR) is 83.6 cm³/mol. The Morgan fingerprint density at radius 2 is 2.00 bits per heavy atom. The lowest BCUT2D eigenvalue weighted by atomic mass is 9.66. The highest BCUT2D eigenvalue weighted by Gasteiger charge is 2.42. The van der Waals surface area contributed by atoms with Crippen molar-refractivity contribution in [3.05, 3.63) is 29.8 Å². The number of para-hydroxylation sites is 1. The van der Waals surface area contributed by atoms with Crippen molar-refractivity contribution in [3.63, 3.8) is 0 Å². The van der Waals surface area contributed by atoms with Crippen molar-refractivity contribution in [2.75, 3.05) is 7.11 Å². The minimum Gasteiger partial charge on any atom is -0.496 e. The van der Waals surface area contributed by atoms with Crippen molar-refractivity contribution in [3.8, 4) is 5.75 Å². The zero-order chi connectivity index (χ0) is 15.3. The molecule has 0 bridgehead atoms. The Kier molecular flexibility index (Phi) is 5.27. The maximum absolute atomic E-state index is 11.9. The van der Waals surface area contributed by atoms with Crippen LogP contribution in [0.5, 0.6) is 5.75 Å². The van der Waals surface area contributed by atoms with E-state index in [9.17, 15) is 9.90 Å².